The van der Waals surface area contributed by atoms with Crippen LogP contribution in [0.15, 0.2) is 24.3 Å². The second-order valence-corrected chi connectivity index (χ2v) is 7.37. The van der Waals surface area contributed by atoms with Crippen molar-refractivity contribution in [1.29, 1.82) is 0 Å². The molecule has 0 aliphatic carbocycles. The summed E-state index contributed by atoms with van der Waals surface area (Å²) in [5.41, 5.74) is 1.11. The number of nitrogens with one attached hydrogen (secondary N) is 1. The first-order valence-electron chi connectivity index (χ1n) is 9.29. The fourth-order valence-corrected chi connectivity index (χ4v) is 3.60. The minimum absolute atomic E-state index is 0.0977. The Morgan fingerprint density at radius 1 is 1.44 bits per heavy atom. The zero-order chi connectivity index (χ0) is 19.6. The molecule has 0 aromatic heterocycles. The highest BCUT2D eigenvalue weighted by atomic mass is 19.1. The van der Waals surface area contributed by atoms with Gasteiger partial charge in [0.2, 0.25) is 0 Å². The molecule has 1 fully saturated rings. The van der Waals surface area contributed by atoms with Crippen LogP contribution in [0.25, 0.3) is 10.8 Å². The first-order valence-corrected chi connectivity index (χ1v) is 9.29. The molecule has 1 aliphatic rings. The van der Waals surface area contributed by atoms with Crippen LogP contribution in [0.4, 0.5) is 9.18 Å². The molecule has 1 atom stereocenters. The second kappa shape index (κ2) is 7.98. The van der Waals surface area contributed by atoms with Crippen LogP contribution in [0, 0.1) is 18.2 Å². The predicted octanol–water partition coefficient (Wildman–Crippen LogP) is 4.27. The first kappa shape index (κ1) is 19.2. The Bertz CT molecular complexity index is 895. The molecular formula is C22H25FN2O2. The lowest BCUT2D eigenvalue weighted by molar-refractivity contribution is 0.159. The van der Waals surface area contributed by atoms with Gasteiger partial charge in [-0.25, -0.2) is 9.18 Å². The molecule has 0 radical (unpaired) electrons. The van der Waals surface area contributed by atoms with E-state index < -0.39 is 11.9 Å². The Morgan fingerprint density at radius 3 is 2.85 bits per heavy atom. The summed E-state index contributed by atoms with van der Waals surface area (Å²) in [6, 6.07) is 6.85. The third kappa shape index (κ3) is 4.06. The van der Waals surface area contributed by atoms with Crippen LogP contribution < -0.4 is 10.1 Å². The molecule has 1 amide bonds. The molecule has 0 unspecified atom stereocenters. The zero-order valence-electron chi connectivity index (χ0n) is 16.0. The number of likely N-dealkylation sites (N-methyl/N-ethyl adjacent to an activating group) is 1. The van der Waals surface area contributed by atoms with Crippen molar-refractivity contribution in [2.45, 2.75) is 38.6 Å². The Balaban J connectivity index is 1.90. The normalized spacial score (nSPS) is 16.5. The van der Waals surface area contributed by atoms with Gasteiger partial charge >= 0.3 is 6.09 Å². The van der Waals surface area contributed by atoms with Gasteiger partial charge in [0.25, 0.3) is 0 Å². The number of hydrogen-bond acceptors (Lipinski definition) is 3. The van der Waals surface area contributed by atoms with E-state index in [4.69, 9.17) is 11.2 Å². The minimum atomic E-state index is -0.416. The van der Waals surface area contributed by atoms with Gasteiger partial charge in [-0.05, 0) is 54.5 Å². The quantitative estimate of drug-likeness (QED) is 0.820. The molecule has 2 aromatic carbocycles. The molecule has 2 aromatic rings. The van der Waals surface area contributed by atoms with Crippen molar-refractivity contribution in [3.8, 4) is 18.1 Å². The molecule has 0 spiro atoms. The van der Waals surface area contributed by atoms with E-state index in [-0.39, 0.29) is 11.5 Å². The van der Waals surface area contributed by atoms with E-state index in [0.29, 0.717) is 23.7 Å². The number of ether oxygens (including phenoxy) is 1. The number of nitrogens with zero attached hydrogens (tertiary/aromatic N) is 1. The zero-order valence-corrected chi connectivity index (χ0v) is 16.0. The molecule has 5 heteroatoms. The molecular weight excluding hydrogens is 343 g/mol. The molecule has 27 heavy (non-hydrogen) atoms. The fraction of sp³-hybridized carbons (Fsp3) is 0.409. The van der Waals surface area contributed by atoms with Crippen LogP contribution in [0.2, 0.25) is 0 Å². The monoisotopic (exact) mass is 368 g/mol. The summed E-state index contributed by atoms with van der Waals surface area (Å²) in [4.78, 5) is 14.1. The summed E-state index contributed by atoms with van der Waals surface area (Å²) in [6.07, 6.45) is 7.32. The number of carbonyl (C=O) groups is 1. The van der Waals surface area contributed by atoms with Crippen molar-refractivity contribution >= 4 is 16.9 Å². The lowest BCUT2D eigenvalue weighted by atomic mass is 9.92. The van der Waals surface area contributed by atoms with E-state index in [0.717, 1.165) is 30.3 Å². The molecule has 3 rings (SSSR count). The summed E-state index contributed by atoms with van der Waals surface area (Å²) in [5, 5.41) is 4.84. The van der Waals surface area contributed by atoms with Gasteiger partial charge in [0, 0.05) is 25.0 Å². The van der Waals surface area contributed by atoms with Crippen LogP contribution in [-0.2, 0) is 0 Å². The molecule has 4 nitrogen and oxygen atoms in total. The van der Waals surface area contributed by atoms with Crippen molar-refractivity contribution in [3.63, 3.8) is 0 Å². The van der Waals surface area contributed by atoms with Gasteiger partial charge in [-0.15, -0.1) is 6.42 Å². The lowest BCUT2D eigenvalue weighted by Crippen LogP contribution is -2.39. The molecule has 142 valence electrons. The van der Waals surface area contributed by atoms with Crippen LogP contribution in [0.3, 0.4) is 0 Å². The largest absolute Gasteiger partial charge is 0.415 e. The number of amides is 1. The minimum Gasteiger partial charge on any atom is -0.410 e. The van der Waals surface area contributed by atoms with Crippen molar-refractivity contribution in [2.75, 3.05) is 20.1 Å². The van der Waals surface area contributed by atoms with E-state index in [1.54, 1.807) is 30.1 Å². The number of fused-ring (bicyclic) bond motifs is 1. The highest BCUT2D eigenvalue weighted by Crippen LogP contribution is 2.34. The van der Waals surface area contributed by atoms with Gasteiger partial charge in [-0.3, -0.25) is 0 Å². The maximum Gasteiger partial charge on any atom is 0.415 e. The van der Waals surface area contributed by atoms with Gasteiger partial charge in [0.15, 0.2) is 0 Å². The van der Waals surface area contributed by atoms with Gasteiger partial charge in [0.1, 0.15) is 11.6 Å². The van der Waals surface area contributed by atoms with Crippen LogP contribution >= 0.6 is 0 Å². The smallest absolute Gasteiger partial charge is 0.410 e. The Kier molecular flexibility index (Phi) is 5.67. The topological polar surface area (TPSA) is 41.6 Å². The Morgan fingerprint density at radius 2 is 2.22 bits per heavy atom. The fourth-order valence-electron chi connectivity index (χ4n) is 3.60. The molecule has 0 bridgehead atoms. The summed E-state index contributed by atoms with van der Waals surface area (Å²) >= 11 is 0. The number of terminal acetylenes is 1. The third-order valence-electron chi connectivity index (χ3n) is 5.01. The van der Waals surface area contributed by atoms with Gasteiger partial charge in [-0.1, -0.05) is 25.8 Å². The van der Waals surface area contributed by atoms with Gasteiger partial charge < -0.3 is 15.0 Å². The number of benzene rings is 2. The highest BCUT2D eigenvalue weighted by molar-refractivity contribution is 5.93. The SMILES string of the molecule is C#Cc1c(F)ccc2cc(OC(=O)N(C)C[C@@H]3CCCN3)cc(C(C)C)c12. The molecule has 1 heterocycles. The molecule has 1 N–H and O–H groups in total. The van der Waals surface area contributed by atoms with Gasteiger partial charge in [0.05, 0.1) is 5.56 Å². The summed E-state index contributed by atoms with van der Waals surface area (Å²) in [7, 11) is 1.73. The maximum atomic E-state index is 14.1. The molecule has 0 saturated carbocycles. The van der Waals surface area contributed by atoms with Crippen molar-refractivity contribution in [2.24, 2.45) is 0 Å². The Hall–Kier alpha value is -2.58. The van der Waals surface area contributed by atoms with E-state index in [1.807, 2.05) is 13.8 Å². The van der Waals surface area contributed by atoms with Crippen molar-refractivity contribution < 1.29 is 13.9 Å². The standard InChI is InChI=1S/C22H25FN2O2/c1-5-18-20(23)9-8-15-11-17(12-19(14(2)3)21(15)18)27-22(26)25(4)13-16-7-6-10-24-16/h1,8-9,11-12,14,16,24H,6-7,10,13H2,2-4H3/t16-/m0/s1. The first-order chi connectivity index (χ1) is 12.9. The van der Waals surface area contributed by atoms with Crippen LogP contribution in [0.5, 0.6) is 5.75 Å². The highest BCUT2D eigenvalue weighted by Gasteiger charge is 2.21. The van der Waals surface area contributed by atoms with Crippen LogP contribution in [0.1, 0.15) is 43.7 Å². The summed E-state index contributed by atoms with van der Waals surface area (Å²) < 4.78 is 19.7. The number of carbonyl (C=O) groups excluding carboxylic acids is 1. The average molecular weight is 368 g/mol. The predicted molar refractivity (Wildman–Crippen MR) is 106 cm³/mol. The number of hydrogen-bond donors (Lipinski definition) is 1. The summed E-state index contributed by atoms with van der Waals surface area (Å²) in [6.45, 7) is 5.60. The number of halogens is 1. The maximum absolute atomic E-state index is 14.1. The van der Waals surface area contributed by atoms with Crippen LogP contribution in [-0.4, -0.2) is 37.2 Å². The van der Waals surface area contributed by atoms with E-state index in [1.165, 1.54) is 6.07 Å². The van der Waals surface area contributed by atoms with Crippen molar-refractivity contribution in [3.05, 3.63) is 41.2 Å². The third-order valence-corrected chi connectivity index (χ3v) is 5.01. The molecule has 1 saturated heterocycles. The van der Waals surface area contributed by atoms with E-state index in [9.17, 15) is 9.18 Å². The van der Waals surface area contributed by atoms with E-state index >= 15 is 0 Å². The molecule has 1 aliphatic heterocycles. The lowest BCUT2D eigenvalue weighted by Gasteiger charge is -2.21. The summed E-state index contributed by atoms with van der Waals surface area (Å²) in [5.74, 6) is 2.58. The second-order valence-electron chi connectivity index (χ2n) is 7.37. The van der Waals surface area contributed by atoms with Crippen molar-refractivity contribution in [1.82, 2.24) is 10.2 Å². The Labute approximate surface area is 159 Å². The average Bonchev–Trinajstić information content (AvgIpc) is 3.14. The number of rotatable bonds is 4. The van der Waals surface area contributed by atoms with E-state index in [2.05, 4.69) is 11.2 Å². The van der Waals surface area contributed by atoms with Gasteiger partial charge in [-0.2, -0.15) is 0 Å².